The van der Waals surface area contributed by atoms with Gasteiger partial charge in [0.2, 0.25) is 0 Å². The lowest BCUT2D eigenvalue weighted by Crippen LogP contribution is -2.28. The molecule has 62 heavy (non-hydrogen) atoms. The highest BCUT2D eigenvalue weighted by Crippen LogP contribution is 2.56. The van der Waals surface area contributed by atoms with Gasteiger partial charge in [-0.2, -0.15) is 0 Å². The Morgan fingerprint density at radius 2 is 0.935 bits per heavy atom. The molecule has 0 fully saturated rings. The predicted molar refractivity (Wildman–Crippen MR) is 263 cm³/mol. The van der Waals surface area contributed by atoms with Crippen LogP contribution in [0.1, 0.15) is 22.3 Å². The SMILES string of the molecule is c1ccc(-n2c3ccc(N(c4ccc5sc6ccccc6c5c4)c4cccc5ccccc45)cc3c3cc(C4(c5ccccc5)c5ccccc5-c5ccccc54)ccc32)cc1. The highest BCUT2D eigenvalue weighted by atomic mass is 32.1. The van der Waals surface area contributed by atoms with Crippen LogP contribution < -0.4 is 4.90 Å². The van der Waals surface area contributed by atoms with Crippen LogP contribution in [0.25, 0.3) is 69.6 Å². The minimum absolute atomic E-state index is 0.505. The summed E-state index contributed by atoms with van der Waals surface area (Å²) < 4.78 is 5.04. The Hall–Kier alpha value is -7.72. The lowest BCUT2D eigenvalue weighted by molar-refractivity contribution is 0.770. The van der Waals surface area contributed by atoms with Gasteiger partial charge in [0.25, 0.3) is 0 Å². The Balaban J connectivity index is 1.11. The van der Waals surface area contributed by atoms with Crippen molar-refractivity contribution >= 4 is 81.1 Å². The van der Waals surface area contributed by atoms with Crippen molar-refractivity contribution in [2.24, 2.45) is 0 Å². The van der Waals surface area contributed by atoms with Gasteiger partial charge >= 0.3 is 0 Å². The second kappa shape index (κ2) is 13.7. The molecule has 1 aliphatic carbocycles. The van der Waals surface area contributed by atoms with Crippen molar-refractivity contribution in [3.63, 3.8) is 0 Å². The molecule has 0 bridgehead atoms. The molecule has 3 heteroatoms. The Bertz CT molecular complexity index is 3660. The molecule has 0 amide bonds. The molecule has 1 aliphatic rings. The topological polar surface area (TPSA) is 8.17 Å². The quantitative estimate of drug-likeness (QED) is 0.162. The first-order valence-electron chi connectivity index (χ1n) is 21.3. The summed E-state index contributed by atoms with van der Waals surface area (Å²) in [4.78, 5) is 2.47. The average Bonchev–Trinajstić information content (AvgIpc) is 3.98. The molecule has 2 nitrogen and oxygen atoms in total. The molecule has 0 aliphatic heterocycles. The third-order valence-corrected chi connectivity index (χ3v) is 14.4. The lowest BCUT2D eigenvalue weighted by atomic mass is 9.67. The predicted octanol–water partition coefficient (Wildman–Crippen LogP) is 16.1. The van der Waals surface area contributed by atoms with Crippen molar-refractivity contribution in [2.45, 2.75) is 5.41 Å². The normalized spacial score (nSPS) is 13.0. The molecular weight excluding hydrogens is 769 g/mol. The summed E-state index contributed by atoms with van der Waals surface area (Å²) in [7, 11) is 0. The Morgan fingerprint density at radius 3 is 1.71 bits per heavy atom. The van der Waals surface area contributed by atoms with Crippen molar-refractivity contribution in [3.05, 3.63) is 253 Å². The maximum atomic E-state index is 2.50. The van der Waals surface area contributed by atoms with Gasteiger partial charge in [0.15, 0.2) is 0 Å². The first-order chi connectivity index (χ1) is 30.8. The Kier molecular flexibility index (Phi) is 7.72. The number of rotatable bonds is 6. The number of anilines is 3. The van der Waals surface area contributed by atoms with Gasteiger partial charge in [-0.25, -0.2) is 0 Å². The van der Waals surface area contributed by atoms with Crippen LogP contribution in [-0.4, -0.2) is 4.57 Å². The molecule has 0 spiro atoms. The van der Waals surface area contributed by atoms with Gasteiger partial charge in [-0.3, -0.25) is 0 Å². The number of hydrogen-bond donors (Lipinski definition) is 0. The summed E-state index contributed by atoms with van der Waals surface area (Å²) in [6.45, 7) is 0. The summed E-state index contributed by atoms with van der Waals surface area (Å²) in [6.07, 6.45) is 0. The van der Waals surface area contributed by atoms with E-state index in [0.717, 1.165) is 22.7 Å². The van der Waals surface area contributed by atoms with Gasteiger partial charge in [-0.05, 0) is 112 Å². The number of nitrogens with zero attached hydrogens (tertiary/aromatic N) is 2. The van der Waals surface area contributed by atoms with Crippen molar-refractivity contribution in [1.29, 1.82) is 0 Å². The molecule has 0 unspecified atom stereocenters. The van der Waals surface area contributed by atoms with E-state index in [1.54, 1.807) is 0 Å². The van der Waals surface area contributed by atoms with Gasteiger partial charge in [-0.15, -0.1) is 11.3 Å². The first kappa shape index (κ1) is 35.1. The van der Waals surface area contributed by atoms with Crippen molar-refractivity contribution < 1.29 is 0 Å². The summed E-state index contributed by atoms with van der Waals surface area (Å²) in [5, 5.41) is 7.43. The third-order valence-electron chi connectivity index (χ3n) is 13.2. The molecule has 0 saturated heterocycles. The maximum absolute atomic E-state index is 2.50. The van der Waals surface area contributed by atoms with Gasteiger partial charge in [0, 0.05) is 53.4 Å². The highest BCUT2D eigenvalue weighted by molar-refractivity contribution is 7.25. The van der Waals surface area contributed by atoms with E-state index in [0.29, 0.717) is 0 Å². The zero-order valence-electron chi connectivity index (χ0n) is 33.7. The summed E-state index contributed by atoms with van der Waals surface area (Å²) in [6, 6.07) is 85.5. The van der Waals surface area contributed by atoms with Gasteiger partial charge in [-0.1, -0.05) is 158 Å². The van der Waals surface area contributed by atoms with Crippen LogP contribution in [0.2, 0.25) is 0 Å². The fourth-order valence-electron chi connectivity index (χ4n) is 10.6. The number of aromatic nitrogens is 1. The molecule has 0 radical (unpaired) electrons. The molecule has 12 aromatic rings. The van der Waals surface area contributed by atoms with E-state index in [1.807, 2.05) is 11.3 Å². The summed E-state index contributed by atoms with van der Waals surface area (Å²) in [5.41, 5.74) is 14.1. The molecular formula is C59H38N2S. The first-order valence-corrected chi connectivity index (χ1v) is 22.2. The molecule has 13 rings (SSSR count). The van der Waals surface area contributed by atoms with Crippen LogP contribution >= 0.6 is 11.3 Å². The minimum Gasteiger partial charge on any atom is -0.310 e. The second-order valence-electron chi connectivity index (χ2n) is 16.4. The van der Waals surface area contributed by atoms with E-state index in [1.165, 1.54) is 86.1 Å². The summed E-state index contributed by atoms with van der Waals surface area (Å²) in [5.74, 6) is 0. The fraction of sp³-hybridized carbons (Fsp3) is 0.0169. The largest absolute Gasteiger partial charge is 0.310 e. The van der Waals surface area contributed by atoms with Crippen molar-refractivity contribution in [1.82, 2.24) is 4.57 Å². The molecule has 10 aromatic carbocycles. The molecule has 2 heterocycles. The monoisotopic (exact) mass is 806 g/mol. The highest BCUT2D eigenvalue weighted by Gasteiger charge is 2.46. The second-order valence-corrected chi connectivity index (χ2v) is 17.5. The van der Waals surface area contributed by atoms with Crippen LogP contribution in [0.15, 0.2) is 231 Å². The van der Waals surface area contributed by atoms with Gasteiger partial charge in [0.1, 0.15) is 0 Å². The number of benzene rings is 10. The molecule has 2 aromatic heterocycles. The molecule has 0 saturated carbocycles. The van der Waals surface area contributed by atoms with Gasteiger partial charge in [0.05, 0.1) is 22.1 Å². The molecule has 0 atom stereocenters. The number of hydrogen-bond acceptors (Lipinski definition) is 2. The van der Waals surface area contributed by atoms with Crippen LogP contribution in [0.5, 0.6) is 0 Å². The Labute approximate surface area is 363 Å². The van der Waals surface area contributed by atoms with E-state index in [2.05, 4.69) is 240 Å². The van der Waals surface area contributed by atoms with E-state index in [4.69, 9.17) is 0 Å². The number of para-hydroxylation sites is 1. The average molecular weight is 807 g/mol. The lowest BCUT2D eigenvalue weighted by Gasteiger charge is -2.34. The van der Waals surface area contributed by atoms with Crippen LogP contribution in [0.4, 0.5) is 17.1 Å². The zero-order chi connectivity index (χ0) is 40.8. The fourth-order valence-corrected chi connectivity index (χ4v) is 11.7. The van der Waals surface area contributed by atoms with E-state index >= 15 is 0 Å². The van der Waals surface area contributed by atoms with E-state index < -0.39 is 5.41 Å². The minimum atomic E-state index is -0.505. The molecule has 0 N–H and O–H groups in total. The van der Waals surface area contributed by atoms with E-state index in [9.17, 15) is 0 Å². The smallest absolute Gasteiger partial charge is 0.0713 e. The zero-order valence-corrected chi connectivity index (χ0v) is 34.6. The third kappa shape index (κ3) is 5.03. The Morgan fingerprint density at radius 1 is 0.371 bits per heavy atom. The number of fused-ring (bicyclic) bond motifs is 10. The van der Waals surface area contributed by atoms with Crippen molar-refractivity contribution in [3.8, 4) is 16.8 Å². The maximum Gasteiger partial charge on any atom is 0.0713 e. The van der Waals surface area contributed by atoms with Crippen LogP contribution in [0, 0.1) is 0 Å². The summed E-state index contributed by atoms with van der Waals surface area (Å²) >= 11 is 1.86. The van der Waals surface area contributed by atoms with Crippen LogP contribution in [-0.2, 0) is 5.41 Å². The van der Waals surface area contributed by atoms with E-state index in [-0.39, 0.29) is 0 Å². The molecule has 290 valence electrons. The standard InChI is InChI=1S/C59H38N2S/c1-3-18-40(19-4-1)59(52-26-12-9-23-46(52)47-24-10-13-27-53(47)59)41-30-33-55-49(36-41)50-37-43(31-34-56(50)61(55)42-20-5-2-6-21-42)60(54-28-15-17-39-16-7-8-22-45(39)54)44-32-35-58-51(38-44)48-25-11-14-29-57(48)62-58/h1-38H. The number of thiophene rings is 1. The van der Waals surface area contributed by atoms with Gasteiger partial charge < -0.3 is 9.47 Å². The van der Waals surface area contributed by atoms with Crippen molar-refractivity contribution in [2.75, 3.05) is 4.90 Å². The van der Waals surface area contributed by atoms with Crippen LogP contribution in [0.3, 0.4) is 0 Å².